The summed E-state index contributed by atoms with van der Waals surface area (Å²) in [5.74, 6) is 0.729. The Morgan fingerprint density at radius 3 is 2.62 bits per heavy atom. The van der Waals surface area contributed by atoms with E-state index in [-0.39, 0.29) is 12.6 Å². The number of nitriles is 1. The first-order chi connectivity index (χ1) is 10.2. The third-order valence-electron chi connectivity index (χ3n) is 3.30. The maximum absolute atomic E-state index is 8.47. The molecular weight excluding hydrogens is 266 g/mol. The Labute approximate surface area is 127 Å². The van der Waals surface area contributed by atoms with E-state index in [0.717, 1.165) is 32.0 Å². The summed E-state index contributed by atoms with van der Waals surface area (Å²) in [5, 5.41) is 12.0. The van der Waals surface area contributed by atoms with Crippen LogP contribution in [0.2, 0.25) is 0 Å². The van der Waals surface area contributed by atoms with Gasteiger partial charge in [0.15, 0.2) is 6.61 Å². The third kappa shape index (κ3) is 7.09. The van der Waals surface area contributed by atoms with Crippen LogP contribution in [-0.4, -0.2) is 51.9 Å². The molecule has 0 aliphatic rings. The van der Waals surface area contributed by atoms with E-state index in [1.54, 1.807) is 7.11 Å². The second-order valence-corrected chi connectivity index (χ2v) is 4.99. The van der Waals surface area contributed by atoms with Crippen molar-refractivity contribution in [2.75, 3.05) is 47.0 Å². The maximum Gasteiger partial charge on any atom is 0.174 e. The van der Waals surface area contributed by atoms with Gasteiger partial charge >= 0.3 is 0 Å². The summed E-state index contributed by atoms with van der Waals surface area (Å²) in [6.07, 6.45) is 0. The van der Waals surface area contributed by atoms with E-state index < -0.39 is 0 Å². The zero-order valence-corrected chi connectivity index (χ0v) is 13.1. The van der Waals surface area contributed by atoms with Gasteiger partial charge in [-0.2, -0.15) is 5.26 Å². The molecule has 1 atom stereocenters. The maximum atomic E-state index is 8.47. The largest absolute Gasteiger partial charge is 0.479 e. The van der Waals surface area contributed by atoms with E-state index >= 15 is 0 Å². The molecule has 0 amide bonds. The van der Waals surface area contributed by atoms with E-state index in [9.17, 15) is 0 Å². The molecule has 116 valence electrons. The lowest BCUT2D eigenvalue weighted by atomic mass is 10.1. The van der Waals surface area contributed by atoms with Crippen LogP contribution in [-0.2, 0) is 4.74 Å². The molecule has 1 unspecified atom stereocenters. The van der Waals surface area contributed by atoms with Gasteiger partial charge in [0.25, 0.3) is 0 Å². The van der Waals surface area contributed by atoms with Gasteiger partial charge in [0.2, 0.25) is 0 Å². The lowest BCUT2D eigenvalue weighted by Crippen LogP contribution is -2.32. The predicted octanol–water partition coefficient (Wildman–Crippen LogP) is 1.82. The molecule has 0 aromatic heterocycles. The second-order valence-electron chi connectivity index (χ2n) is 4.99. The normalized spacial score (nSPS) is 12.1. The van der Waals surface area contributed by atoms with Crippen molar-refractivity contribution in [2.24, 2.45) is 0 Å². The van der Waals surface area contributed by atoms with Crippen molar-refractivity contribution in [1.82, 2.24) is 10.2 Å². The van der Waals surface area contributed by atoms with E-state index in [1.165, 1.54) is 5.56 Å². The Balaban J connectivity index is 2.31. The van der Waals surface area contributed by atoms with Crippen molar-refractivity contribution in [2.45, 2.75) is 13.0 Å². The van der Waals surface area contributed by atoms with Gasteiger partial charge < -0.3 is 19.7 Å². The number of ether oxygens (including phenoxy) is 2. The molecule has 5 nitrogen and oxygen atoms in total. The van der Waals surface area contributed by atoms with Crippen LogP contribution in [0, 0.1) is 11.3 Å². The van der Waals surface area contributed by atoms with Crippen LogP contribution in [0.4, 0.5) is 0 Å². The average Bonchev–Trinajstić information content (AvgIpc) is 2.51. The molecule has 0 saturated carbocycles. The van der Waals surface area contributed by atoms with Crippen molar-refractivity contribution in [3.63, 3.8) is 0 Å². The summed E-state index contributed by atoms with van der Waals surface area (Å²) in [6.45, 7) is 5.83. The molecular formula is C16H25N3O2. The van der Waals surface area contributed by atoms with Gasteiger partial charge in [-0.15, -0.1) is 0 Å². The molecule has 21 heavy (non-hydrogen) atoms. The number of benzene rings is 1. The molecule has 1 aromatic carbocycles. The highest BCUT2D eigenvalue weighted by Gasteiger charge is 2.05. The Morgan fingerprint density at radius 2 is 2.00 bits per heavy atom. The molecule has 0 bridgehead atoms. The lowest BCUT2D eigenvalue weighted by molar-refractivity contribution is 0.161. The standard InChI is InChI=1S/C16H25N3O2/c1-14(18-9-10-19(2)11-13-20-3)15-4-6-16(7-5-15)21-12-8-17/h4-7,14,18H,9-13H2,1-3H3. The quantitative estimate of drug-likeness (QED) is 0.712. The number of nitrogens with one attached hydrogen (secondary N) is 1. The molecule has 0 aliphatic heterocycles. The molecule has 0 heterocycles. The van der Waals surface area contributed by atoms with Gasteiger partial charge in [-0.25, -0.2) is 0 Å². The van der Waals surface area contributed by atoms with Crippen LogP contribution in [0.3, 0.4) is 0 Å². The molecule has 1 aromatic rings. The van der Waals surface area contributed by atoms with Crippen LogP contribution in [0.1, 0.15) is 18.5 Å². The molecule has 0 radical (unpaired) electrons. The van der Waals surface area contributed by atoms with Crippen LogP contribution >= 0.6 is 0 Å². The highest BCUT2D eigenvalue weighted by Crippen LogP contribution is 2.17. The molecule has 0 fully saturated rings. The summed E-state index contributed by atoms with van der Waals surface area (Å²) < 4.78 is 10.3. The molecule has 0 saturated heterocycles. The summed E-state index contributed by atoms with van der Waals surface area (Å²) >= 11 is 0. The number of nitrogens with zero attached hydrogens (tertiary/aromatic N) is 2. The minimum Gasteiger partial charge on any atom is -0.479 e. The van der Waals surface area contributed by atoms with Gasteiger partial charge in [0.05, 0.1) is 6.61 Å². The van der Waals surface area contributed by atoms with Crippen molar-refractivity contribution in [3.05, 3.63) is 29.8 Å². The van der Waals surface area contributed by atoms with Crippen LogP contribution < -0.4 is 10.1 Å². The third-order valence-corrected chi connectivity index (χ3v) is 3.30. The SMILES string of the molecule is COCCN(C)CCNC(C)c1ccc(OCC#N)cc1. The fourth-order valence-electron chi connectivity index (χ4n) is 1.92. The minimum atomic E-state index is 0.0843. The summed E-state index contributed by atoms with van der Waals surface area (Å²) in [5.41, 5.74) is 1.21. The fraction of sp³-hybridized carbons (Fsp3) is 0.562. The van der Waals surface area contributed by atoms with Crippen LogP contribution in [0.25, 0.3) is 0 Å². The molecule has 0 aliphatic carbocycles. The summed E-state index contributed by atoms with van der Waals surface area (Å²) in [4.78, 5) is 2.24. The molecule has 1 N–H and O–H groups in total. The Hall–Kier alpha value is -1.61. The summed E-state index contributed by atoms with van der Waals surface area (Å²) in [7, 11) is 3.81. The van der Waals surface area contributed by atoms with Gasteiger partial charge in [0, 0.05) is 32.8 Å². The van der Waals surface area contributed by atoms with Crippen molar-refractivity contribution in [3.8, 4) is 11.8 Å². The predicted molar refractivity (Wildman–Crippen MR) is 83.3 cm³/mol. The van der Waals surface area contributed by atoms with Crippen LogP contribution in [0.5, 0.6) is 5.75 Å². The highest BCUT2D eigenvalue weighted by atomic mass is 16.5. The van der Waals surface area contributed by atoms with E-state index in [4.69, 9.17) is 14.7 Å². The van der Waals surface area contributed by atoms with Crippen molar-refractivity contribution >= 4 is 0 Å². The number of rotatable bonds is 10. The van der Waals surface area contributed by atoms with Gasteiger partial charge in [-0.1, -0.05) is 12.1 Å². The van der Waals surface area contributed by atoms with E-state index in [1.807, 2.05) is 30.3 Å². The summed E-state index contributed by atoms with van der Waals surface area (Å²) in [6, 6.07) is 10.1. The first kappa shape index (κ1) is 17.4. The molecule has 0 spiro atoms. The van der Waals surface area contributed by atoms with E-state index in [2.05, 4.69) is 24.2 Å². The lowest BCUT2D eigenvalue weighted by Gasteiger charge is -2.19. The Bertz CT molecular complexity index is 428. The number of likely N-dealkylation sites (N-methyl/N-ethyl adjacent to an activating group) is 1. The first-order valence-electron chi connectivity index (χ1n) is 7.18. The van der Waals surface area contributed by atoms with Crippen molar-refractivity contribution in [1.29, 1.82) is 5.26 Å². The molecule has 1 rings (SSSR count). The monoisotopic (exact) mass is 291 g/mol. The number of hydrogen-bond donors (Lipinski definition) is 1. The Kier molecular flexibility index (Phi) is 8.44. The van der Waals surface area contributed by atoms with Crippen molar-refractivity contribution < 1.29 is 9.47 Å². The topological polar surface area (TPSA) is 57.5 Å². The zero-order chi connectivity index (χ0) is 15.5. The zero-order valence-electron chi connectivity index (χ0n) is 13.1. The van der Waals surface area contributed by atoms with Gasteiger partial charge in [-0.3, -0.25) is 0 Å². The highest BCUT2D eigenvalue weighted by molar-refractivity contribution is 5.29. The van der Waals surface area contributed by atoms with E-state index in [0.29, 0.717) is 0 Å². The number of methoxy groups -OCH3 is 1. The average molecular weight is 291 g/mol. The minimum absolute atomic E-state index is 0.0843. The smallest absolute Gasteiger partial charge is 0.174 e. The van der Waals surface area contributed by atoms with Gasteiger partial charge in [-0.05, 0) is 31.7 Å². The molecule has 5 heteroatoms. The number of hydrogen-bond acceptors (Lipinski definition) is 5. The first-order valence-corrected chi connectivity index (χ1v) is 7.18. The van der Waals surface area contributed by atoms with Gasteiger partial charge in [0.1, 0.15) is 11.8 Å². The second kappa shape index (κ2) is 10.2. The fourth-order valence-corrected chi connectivity index (χ4v) is 1.92. The van der Waals surface area contributed by atoms with Crippen LogP contribution in [0.15, 0.2) is 24.3 Å². The Morgan fingerprint density at radius 1 is 1.29 bits per heavy atom.